The van der Waals surface area contributed by atoms with Crippen LogP contribution >= 0.6 is 10.8 Å². The van der Waals surface area contributed by atoms with Crippen LogP contribution in [0.25, 0.3) is 11.0 Å². The fourth-order valence-corrected chi connectivity index (χ4v) is 5.88. The molecule has 1 aromatic heterocycles. The summed E-state index contributed by atoms with van der Waals surface area (Å²) < 4.78 is 34.4. The van der Waals surface area contributed by atoms with E-state index in [1.807, 2.05) is 13.0 Å². The molecule has 1 aliphatic heterocycles. The minimum absolute atomic E-state index is 0.0683. The molecule has 186 valence electrons. The third-order valence-electron chi connectivity index (χ3n) is 5.50. The quantitative estimate of drug-likeness (QED) is 0.375. The number of carbonyl (C=O) groups is 2. The van der Waals surface area contributed by atoms with Crippen molar-refractivity contribution in [1.82, 2.24) is 4.31 Å². The normalized spacial score (nSPS) is 19.9. The van der Waals surface area contributed by atoms with E-state index in [9.17, 15) is 18.7 Å². The summed E-state index contributed by atoms with van der Waals surface area (Å²) in [5.74, 6) is -0.995. The first-order valence-corrected chi connectivity index (χ1v) is 13.1. The van der Waals surface area contributed by atoms with Crippen molar-refractivity contribution in [1.29, 1.82) is 0 Å². The van der Waals surface area contributed by atoms with Gasteiger partial charge in [0.1, 0.15) is 22.1 Å². The zero-order chi connectivity index (χ0) is 25.4. The number of hydrogen-bond acceptors (Lipinski definition) is 7. The predicted octanol–water partition coefficient (Wildman–Crippen LogP) is 6.51. The highest BCUT2D eigenvalue weighted by atomic mass is 32.3. The van der Waals surface area contributed by atoms with Gasteiger partial charge in [-0.25, -0.2) is 14.1 Å². The molecule has 2 N–H and O–H groups in total. The van der Waals surface area contributed by atoms with Gasteiger partial charge >= 0.3 is 5.97 Å². The third-order valence-corrected chi connectivity index (χ3v) is 7.63. The van der Waals surface area contributed by atoms with E-state index in [0.717, 1.165) is 10.7 Å². The predicted molar refractivity (Wildman–Crippen MR) is 137 cm³/mol. The molecule has 1 fully saturated rings. The Bertz CT molecular complexity index is 1280. The Hall–Kier alpha value is -3.14. The molecule has 1 aliphatic rings. The zero-order valence-corrected chi connectivity index (χ0v) is 21.0. The van der Waals surface area contributed by atoms with Crippen LogP contribution in [-0.2, 0) is 9.53 Å². The van der Waals surface area contributed by atoms with Crippen molar-refractivity contribution >= 4 is 45.0 Å². The Morgan fingerprint density at radius 1 is 1.14 bits per heavy atom. The summed E-state index contributed by atoms with van der Waals surface area (Å²) in [5.41, 5.74) is 0.930. The van der Waals surface area contributed by atoms with Gasteiger partial charge in [0.2, 0.25) is 5.76 Å². The van der Waals surface area contributed by atoms with Crippen LogP contribution in [0.2, 0.25) is 0 Å². The summed E-state index contributed by atoms with van der Waals surface area (Å²) in [6.07, 6.45) is 1.45. The second-order valence-corrected chi connectivity index (χ2v) is 11.5. The van der Waals surface area contributed by atoms with Gasteiger partial charge in [0.15, 0.2) is 0 Å². The number of furan rings is 1. The van der Waals surface area contributed by atoms with Crippen molar-refractivity contribution in [3.8, 4) is 0 Å². The number of amides is 1. The maximum Gasteiger partial charge on any atom is 0.374 e. The highest BCUT2D eigenvalue weighted by Crippen LogP contribution is 2.62. The standard InChI is InChI=1S/C26H30N2O6S/c1-5-6-14-28-24(29)22(23(35(28,31)32)17-10-8-7-9-11-17)27-19-12-13-20-18(15-19)16-21(33-20)25(30)34-26(2,3)4/h7-13,15-16,23,31-32H,5-6,14H2,1-4H3. The summed E-state index contributed by atoms with van der Waals surface area (Å²) in [5, 5.41) is -0.353. The van der Waals surface area contributed by atoms with E-state index in [4.69, 9.17) is 9.15 Å². The molecular weight excluding hydrogens is 468 g/mol. The van der Waals surface area contributed by atoms with Gasteiger partial charge in [-0.3, -0.25) is 13.9 Å². The molecule has 1 amide bonds. The maximum atomic E-state index is 13.3. The number of rotatable bonds is 6. The van der Waals surface area contributed by atoms with Gasteiger partial charge in [-0.2, -0.15) is 0 Å². The number of hydrogen-bond donors (Lipinski definition) is 2. The summed E-state index contributed by atoms with van der Waals surface area (Å²) in [6.45, 7) is 7.54. The van der Waals surface area contributed by atoms with Crippen molar-refractivity contribution < 1.29 is 27.8 Å². The smallest absolute Gasteiger partial charge is 0.374 e. The molecule has 9 heteroatoms. The Kier molecular flexibility index (Phi) is 6.77. The van der Waals surface area contributed by atoms with Crippen LogP contribution in [-0.4, -0.2) is 43.1 Å². The van der Waals surface area contributed by atoms with Gasteiger partial charge in [-0.05, 0) is 57.0 Å². The number of carbonyl (C=O) groups excluding carboxylic acids is 2. The maximum absolute atomic E-state index is 13.3. The average Bonchev–Trinajstić information content (AvgIpc) is 3.28. The van der Waals surface area contributed by atoms with Crippen LogP contribution in [0.1, 0.15) is 61.9 Å². The molecule has 1 saturated heterocycles. The molecule has 0 radical (unpaired) electrons. The van der Waals surface area contributed by atoms with E-state index < -0.39 is 33.5 Å². The fourth-order valence-electron chi connectivity index (χ4n) is 3.92. The first-order valence-electron chi connectivity index (χ1n) is 11.5. The molecular formula is C26H30N2O6S. The Labute approximate surface area is 206 Å². The van der Waals surface area contributed by atoms with Crippen molar-refractivity contribution in [3.05, 3.63) is 65.9 Å². The molecule has 0 spiro atoms. The van der Waals surface area contributed by atoms with Crippen molar-refractivity contribution in [3.63, 3.8) is 0 Å². The lowest BCUT2D eigenvalue weighted by Crippen LogP contribution is -2.29. The number of ether oxygens (including phenoxy) is 1. The molecule has 0 saturated carbocycles. The SMILES string of the molecule is CCCCN1C(=O)C(=Nc2ccc3oc(C(=O)OC(C)(C)C)cc3c2)C(c2ccccc2)S1(O)O. The minimum atomic E-state index is -3.47. The van der Waals surface area contributed by atoms with E-state index in [-0.39, 0.29) is 18.0 Å². The monoisotopic (exact) mass is 498 g/mol. The second-order valence-electron chi connectivity index (χ2n) is 9.44. The number of esters is 1. The molecule has 2 heterocycles. The van der Waals surface area contributed by atoms with E-state index in [2.05, 4.69) is 4.99 Å². The largest absolute Gasteiger partial charge is 0.454 e. The second kappa shape index (κ2) is 9.49. The van der Waals surface area contributed by atoms with Gasteiger partial charge in [0, 0.05) is 11.9 Å². The van der Waals surface area contributed by atoms with E-state index >= 15 is 0 Å². The number of benzene rings is 2. The summed E-state index contributed by atoms with van der Waals surface area (Å²) >= 11 is 0. The van der Waals surface area contributed by atoms with Crippen LogP contribution in [0.5, 0.6) is 0 Å². The van der Waals surface area contributed by atoms with Gasteiger partial charge in [0.05, 0.1) is 5.69 Å². The van der Waals surface area contributed by atoms with Crippen molar-refractivity contribution in [2.75, 3.05) is 6.54 Å². The first-order chi connectivity index (χ1) is 16.5. The van der Waals surface area contributed by atoms with Crippen LogP contribution in [0.3, 0.4) is 0 Å². The van der Waals surface area contributed by atoms with Gasteiger partial charge in [0.25, 0.3) is 5.91 Å². The van der Waals surface area contributed by atoms with Crippen molar-refractivity contribution in [2.45, 2.75) is 51.4 Å². The van der Waals surface area contributed by atoms with Gasteiger partial charge in [-0.15, -0.1) is 10.8 Å². The first kappa shape index (κ1) is 25.0. The van der Waals surface area contributed by atoms with Crippen LogP contribution < -0.4 is 0 Å². The van der Waals surface area contributed by atoms with Crippen LogP contribution in [0.4, 0.5) is 5.69 Å². The lowest BCUT2D eigenvalue weighted by atomic mass is 10.1. The molecule has 8 nitrogen and oxygen atoms in total. The van der Waals surface area contributed by atoms with Gasteiger partial charge < -0.3 is 9.15 Å². The summed E-state index contributed by atoms with van der Waals surface area (Å²) in [4.78, 5) is 30.3. The highest BCUT2D eigenvalue weighted by Gasteiger charge is 2.50. The van der Waals surface area contributed by atoms with Gasteiger partial charge in [-0.1, -0.05) is 43.7 Å². The molecule has 2 aromatic carbocycles. The number of unbranched alkanes of at least 4 members (excludes halogenated alkanes) is 1. The Balaban J connectivity index is 1.74. The lowest BCUT2D eigenvalue weighted by molar-refractivity contribution is -0.119. The van der Waals surface area contributed by atoms with Crippen LogP contribution in [0.15, 0.2) is 64.0 Å². The zero-order valence-electron chi connectivity index (χ0n) is 20.2. The Morgan fingerprint density at radius 3 is 2.51 bits per heavy atom. The third kappa shape index (κ3) is 5.12. The minimum Gasteiger partial charge on any atom is -0.454 e. The number of nitrogens with zero attached hydrogens (tertiary/aromatic N) is 2. The summed E-state index contributed by atoms with van der Waals surface area (Å²) in [7, 11) is -3.47. The summed E-state index contributed by atoms with van der Waals surface area (Å²) in [6, 6.07) is 15.5. The van der Waals surface area contributed by atoms with Crippen molar-refractivity contribution in [2.24, 2.45) is 4.99 Å². The number of aliphatic imine (C=N–C) groups is 1. The fraction of sp³-hybridized carbons (Fsp3) is 0.346. The molecule has 35 heavy (non-hydrogen) atoms. The molecule has 1 unspecified atom stereocenters. The molecule has 1 atom stereocenters. The molecule has 3 aromatic rings. The highest BCUT2D eigenvalue weighted by molar-refractivity contribution is 8.24. The van der Waals surface area contributed by atoms with Crippen LogP contribution in [0, 0.1) is 0 Å². The van der Waals surface area contributed by atoms with E-state index in [0.29, 0.717) is 28.6 Å². The molecule has 4 rings (SSSR count). The molecule has 0 bridgehead atoms. The topological polar surface area (TPSA) is 113 Å². The average molecular weight is 499 g/mol. The Morgan fingerprint density at radius 2 is 1.86 bits per heavy atom. The lowest BCUT2D eigenvalue weighted by Gasteiger charge is -2.40. The van der Waals surface area contributed by atoms with E-state index in [1.54, 1.807) is 69.3 Å². The van der Waals surface area contributed by atoms with E-state index in [1.165, 1.54) is 0 Å². The molecule has 0 aliphatic carbocycles. The number of fused-ring (bicyclic) bond motifs is 1.